The summed E-state index contributed by atoms with van der Waals surface area (Å²) in [5, 5.41) is 7.90. The molecule has 28 heavy (non-hydrogen) atoms. The highest BCUT2D eigenvalue weighted by Gasteiger charge is 2.25. The molecule has 1 aliphatic rings. The number of H-pyrrole nitrogens is 1. The van der Waals surface area contributed by atoms with Gasteiger partial charge in [-0.25, -0.2) is 4.98 Å². The average molecular weight is 379 g/mol. The van der Waals surface area contributed by atoms with Gasteiger partial charge in [-0.1, -0.05) is 19.1 Å². The number of aryl methyl sites for hydroxylation is 2. The second-order valence-corrected chi connectivity index (χ2v) is 7.33. The number of carbonyl (C=O) groups is 1. The first-order valence-electron chi connectivity index (χ1n) is 9.91. The zero-order valence-electron chi connectivity index (χ0n) is 16.1. The van der Waals surface area contributed by atoms with E-state index in [0.717, 1.165) is 32.4 Å². The van der Waals surface area contributed by atoms with Crippen molar-refractivity contribution >= 4 is 16.8 Å². The van der Waals surface area contributed by atoms with Crippen LogP contribution in [0.4, 0.5) is 0 Å². The summed E-state index contributed by atoms with van der Waals surface area (Å²) in [6.07, 6.45) is 6.61. The molecule has 0 saturated carbocycles. The quantitative estimate of drug-likeness (QED) is 0.738. The molecule has 0 aliphatic carbocycles. The van der Waals surface area contributed by atoms with Gasteiger partial charge in [-0.3, -0.25) is 19.3 Å². The van der Waals surface area contributed by atoms with E-state index in [-0.39, 0.29) is 11.5 Å². The van der Waals surface area contributed by atoms with Gasteiger partial charge < -0.3 is 4.90 Å². The fourth-order valence-corrected chi connectivity index (χ4v) is 4.01. The number of benzene rings is 1. The van der Waals surface area contributed by atoms with Gasteiger partial charge in [0.25, 0.3) is 5.56 Å². The minimum Gasteiger partial charge on any atom is -0.343 e. The van der Waals surface area contributed by atoms with Crippen LogP contribution in [0.3, 0.4) is 0 Å². The zero-order valence-corrected chi connectivity index (χ0v) is 16.1. The third-order valence-corrected chi connectivity index (χ3v) is 5.69. The van der Waals surface area contributed by atoms with Gasteiger partial charge in [0, 0.05) is 37.7 Å². The van der Waals surface area contributed by atoms with Crippen LogP contribution in [-0.2, 0) is 17.8 Å². The van der Waals surface area contributed by atoms with Crippen molar-refractivity contribution in [3.63, 3.8) is 0 Å². The van der Waals surface area contributed by atoms with E-state index in [1.54, 1.807) is 6.07 Å². The summed E-state index contributed by atoms with van der Waals surface area (Å²) >= 11 is 0. The molecule has 4 rings (SSSR count). The van der Waals surface area contributed by atoms with Crippen molar-refractivity contribution < 1.29 is 4.79 Å². The lowest BCUT2D eigenvalue weighted by molar-refractivity contribution is -0.132. The van der Waals surface area contributed by atoms with Gasteiger partial charge in [0.1, 0.15) is 0 Å². The molecule has 3 aromatic rings. The van der Waals surface area contributed by atoms with Crippen LogP contribution in [0.25, 0.3) is 10.9 Å². The number of nitrogens with zero attached hydrogens (tertiary/aromatic N) is 4. The average Bonchev–Trinajstić information content (AvgIpc) is 3.22. The summed E-state index contributed by atoms with van der Waals surface area (Å²) in [6, 6.07) is 7.28. The summed E-state index contributed by atoms with van der Waals surface area (Å²) in [6.45, 7) is 3.99. The van der Waals surface area contributed by atoms with Gasteiger partial charge in [-0.2, -0.15) is 5.10 Å². The molecular weight excluding hydrogens is 354 g/mol. The molecule has 0 spiro atoms. The Bertz CT molecular complexity index is 1030. The maximum Gasteiger partial charge on any atom is 0.261 e. The van der Waals surface area contributed by atoms with Crippen LogP contribution in [-0.4, -0.2) is 43.6 Å². The summed E-state index contributed by atoms with van der Waals surface area (Å²) in [7, 11) is 0. The number of piperidine rings is 1. The Morgan fingerprint density at radius 2 is 2.04 bits per heavy atom. The van der Waals surface area contributed by atoms with E-state index in [4.69, 9.17) is 0 Å². The topological polar surface area (TPSA) is 83.9 Å². The molecule has 1 N–H and O–H groups in total. The molecule has 3 heterocycles. The fourth-order valence-electron chi connectivity index (χ4n) is 4.01. The SMILES string of the molecule is CCc1cn[nH]c1C1CCN(C(=O)CCn2cnc3ccccc3c2=O)CC1. The van der Waals surface area contributed by atoms with Gasteiger partial charge in [0.2, 0.25) is 5.91 Å². The second kappa shape index (κ2) is 7.96. The van der Waals surface area contributed by atoms with E-state index in [1.807, 2.05) is 29.3 Å². The molecule has 7 heteroatoms. The van der Waals surface area contributed by atoms with Crippen molar-refractivity contribution in [2.75, 3.05) is 13.1 Å². The van der Waals surface area contributed by atoms with Crippen LogP contribution < -0.4 is 5.56 Å². The molecule has 146 valence electrons. The Hall–Kier alpha value is -2.96. The van der Waals surface area contributed by atoms with Crippen LogP contribution in [0.5, 0.6) is 0 Å². The molecule has 0 bridgehead atoms. The number of amides is 1. The minimum atomic E-state index is -0.0940. The molecule has 1 aliphatic heterocycles. The number of aromatic amines is 1. The first-order valence-corrected chi connectivity index (χ1v) is 9.91. The van der Waals surface area contributed by atoms with Gasteiger partial charge in [-0.15, -0.1) is 0 Å². The normalized spacial score (nSPS) is 15.2. The first-order chi connectivity index (χ1) is 13.7. The van der Waals surface area contributed by atoms with Gasteiger partial charge in [-0.05, 0) is 37.0 Å². The monoisotopic (exact) mass is 379 g/mol. The van der Waals surface area contributed by atoms with E-state index >= 15 is 0 Å². The summed E-state index contributed by atoms with van der Waals surface area (Å²) in [5.74, 6) is 0.535. The van der Waals surface area contributed by atoms with Gasteiger partial charge in [0.15, 0.2) is 0 Å². The highest BCUT2D eigenvalue weighted by Crippen LogP contribution is 2.29. The number of carbonyl (C=O) groups excluding carboxylic acids is 1. The van der Waals surface area contributed by atoms with E-state index in [2.05, 4.69) is 22.1 Å². The summed E-state index contributed by atoms with van der Waals surface area (Å²) < 4.78 is 1.53. The Morgan fingerprint density at radius 3 is 2.82 bits per heavy atom. The van der Waals surface area contributed by atoms with Crippen LogP contribution in [0.1, 0.15) is 43.4 Å². The van der Waals surface area contributed by atoms with Crippen molar-refractivity contribution in [1.29, 1.82) is 0 Å². The van der Waals surface area contributed by atoms with Crippen LogP contribution in [0.15, 0.2) is 41.6 Å². The number of para-hydroxylation sites is 1. The first kappa shape index (κ1) is 18.4. The van der Waals surface area contributed by atoms with E-state index in [1.165, 1.54) is 22.2 Å². The Morgan fingerprint density at radius 1 is 1.25 bits per heavy atom. The molecule has 1 amide bonds. The van der Waals surface area contributed by atoms with Crippen molar-refractivity contribution in [1.82, 2.24) is 24.6 Å². The Labute approximate surface area is 163 Å². The molecule has 1 aromatic carbocycles. The lowest BCUT2D eigenvalue weighted by Crippen LogP contribution is -2.38. The number of hydrogen-bond acceptors (Lipinski definition) is 4. The summed E-state index contributed by atoms with van der Waals surface area (Å²) in [5.41, 5.74) is 3.09. The fraction of sp³-hybridized carbons (Fsp3) is 0.429. The maximum atomic E-state index is 12.6. The van der Waals surface area contributed by atoms with Crippen molar-refractivity contribution in [3.8, 4) is 0 Å². The molecule has 0 atom stereocenters. The number of hydrogen-bond donors (Lipinski definition) is 1. The molecule has 0 radical (unpaired) electrons. The minimum absolute atomic E-state index is 0.0940. The Kier molecular flexibility index (Phi) is 5.23. The Balaban J connectivity index is 1.35. The molecule has 1 fully saturated rings. The van der Waals surface area contributed by atoms with Gasteiger partial charge >= 0.3 is 0 Å². The predicted molar refractivity (Wildman–Crippen MR) is 107 cm³/mol. The number of likely N-dealkylation sites (tertiary alicyclic amines) is 1. The lowest BCUT2D eigenvalue weighted by Gasteiger charge is -2.32. The van der Waals surface area contributed by atoms with Crippen molar-refractivity contribution in [3.05, 3.63) is 58.4 Å². The second-order valence-electron chi connectivity index (χ2n) is 7.33. The van der Waals surface area contributed by atoms with Gasteiger partial charge in [0.05, 0.1) is 23.4 Å². The van der Waals surface area contributed by atoms with E-state index in [0.29, 0.717) is 29.8 Å². The highest BCUT2D eigenvalue weighted by molar-refractivity contribution is 5.77. The number of fused-ring (bicyclic) bond motifs is 1. The van der Waals surface area contributed by atoms with Crippen LogP contribution in [0.2, 0.25) is 0 Å². The van der Waals surface area contributed by atoms with Crippen molar-refractivity contribution in [2.45, 2.75) is 45.1 Å². The van der Waals surface area contributed by atoms with Crippen molar-refractivity contribution in [2.24, 2.45) is 0 Å². The van der Waals surface area contributed by atoms with E-state index < -0.39 is 0 Å². The zero-order chi connectivity index (χ0) is 19.5. The smallest absolute Gasteiger partial charge is 0.261 e. The summed E-state index contributed by atoms with van der Waals surface area (Å²) in [4.78, 5) is 31.4. The lowest BCUT2D eigenvalue weighted by atomic mass is 9.90. The maximum absolute atomic E-state index is 12.6. The number of nitrogens with one attached hydrogen (secondary N) is 1. The molecule has 0 unspecified atom stereocenters. The van der Waals surface area contributed by atoms with E-state index in [9.17, 15) is 9.59 Å². The third kappa shape index (κ3) is 3.56. The molecule has 7 nitrogen and oxygen atoms in total. The highest BCUT2D eigenvalue weighted by atomic mass is 16.2. The number of rotatable bonds is 5. The third-order valence-electron chi connectivity index (χ3n) is 5.69. The molecule has 2 aromatic heterocycles. The van der Waals surface area contributed by atoms with Crippen LogP contribution in [0, 0.1) is 0 Å². The van der Waals surface area contributed by atoms with Crippen LogP contribution >= 0.6 is 0 Å². The largest absolute Gasteiger partial charge is 0.343 e. The standard InChI is InChI=1S/C21H25N5O2/c1-2-15-13-23-24-20(15)16-7-10-25(11-8-16)19(27)9-12-26-14-22-18-6-4-3-5-17(18)21(26)28/h3-6,13-14,16H,2,7-12H2,1H3,(H,23,24). The number of aromatic nitrogens is 4. The molecule has 1 saturated heterocycles. The molecular formula is C21H25N5O2. The predicted octanol–water partition coefficient (Wildman–Crippen LogP) is 2.48.